The van der Waals surface area contributed by atoms with Crippen molar-refractivity contribution in [2.45, 2.75) is 19.4 Å². The van der Waals surface area contributed by atoms with Crippen molar-refractivity contribution >= 4 is 23.5 Å². The Labute approximate surface area is 105 Å². The molecular weight excluding hydrogens is 242 g/mol. The van der Waals surface area contributed by atoms with E-state index in [1.165, 1.54) is 14.0 Å². The minimum Gasteiger partial charge on any atom is -0.467 e. The molecule has 1 atom stereocenters. The summed E-state index contributed by atoms with van der Waals surface area (Å²) in [6, 6.07) is 6.41. The fourth-order valence-corrected chi connectivity index (χ4v) is 1.56. The third-order valence-electron chi connectivity index (χ3n) is 2.22. The molecule has 0 fully saturated rings. The lowest BCUT2D eigenvalue weighted by Gasteiger charge is -2.15. The Bertz CT molecular complexity index is 403. The molecule has 1 aromatic rings. The van der Waals surface area contributed by atoms with E-state index in [1.54, 1.807) is 24.3 Å². The molecule has 1 amide bonds. The number of benzene rings is 1. The highest BCUT2D eigenvalue weighted by molar-refractivity contribution is 6.30. The zero-order valence-corrected chi connectivity index (χ0v) is 10.5. The molecule has 0 saturated heterocycles. The number of carbonyl (C=O) groups is 2. The predicted octanol–water partition coefficient (Wildman–Crippen LogP) is 1.56. The maximum atomic E-state index is 11.5. The van der Waals surface area contributed by atoms with Crippen LogP contribution in [0.2, 0.25) is 5.02 Å². The standard InChI is InChI=1S/C12H14ClNO3/c1-8(15)14-11(12(16)17-2)7-9-3-5-10(13)6-4-9/h3-6,11H,7H2,1-2H3,(H,14,15)/t11-/m1/s1. The van der Waals surface area contributed by atoms with Crippen LogP contribution < -0.4 is 5.32 Å². The van der Waals surface area contributed by atoms with Gasteiger partial charge in [0.2, 0.25) is 5.91 Å². The monoisotopic (exact) mass is 255 g/mol. The molecule has 0 heterocycles. The molecule has 0 aliphatic heterocycles. The number of ether oxygens (including phenoxy) is 1. The van der Waals surface area contributed by atoms with Crippen molar-refractivity contribution < 1.29 is 14.3 Å². The van der Waals surface area contributed by atoms with E-state index in [0.717, 1.165) is 5.56 Å². The van der Waals surface area contributed by atoms with Gasteiger partial charge in [0.05, 0.1) is 7.11 Å². The van der Waals surface area contributed by atoms with Gasteiger partial charge in [-0.05, 0) is 17.7 Å². The van der Waals surface area contributed by atoms with Crippen LogP contribution >= 0.6 is 11.6 Å². The van der Waals surface area contributed by atoms with E-state index < -0.39 is 12.0 Å². The maximum Gasteiger partial charge on any atom is 0.328 e. The van der Waals surface area contributed by atoms with Gasteiger partial charge in [0.25, 0.3) is 0 Å². The topological polar surface area (TPSA) is 55.4 Å². The molecular formula is C12H14ClNO3. The van der Waals surface area contributed by atoms with Crippen molar-refractivity contribution in [1.82, 2.24) is 5.32 Å². The summed E-state index contributed by atoms with van der Waals surface area (Å²) in [6.45, 7) is 1.36. The summed E-state index contributed by atoms with van der Waals surface area (Å²) < 4.78 is 4.63. The van der Waals surface area contributed by atoms with Crippen LogP contribution in [-0.2, 0) is 20.7 Å². The first-order valence-electron chi connectivity index (χ1n) is 5.12. The number of esters is 1. The predicted molar refractivity (Wildman–Crippen MR) is 64.8 cm³/mol. The lowest BCUT2D eigenvalue weighted by molar-refractivity contribution is -0.144. The molecule has 5 heteroatoms. The van der Waals surface area contributed by atoms with Gasteiger partial charge in [0.15, 0.2) is 0 Å². The molecule has 0 saturated carbocycles. The number of nitrogens with one attached hydrogen (secondary N) is 1. The second-order valence-electron chi connectivity index (χ2n) is 3.61. The molecule has 17 heavy (non-hydrogen) atoms. The van der Waals surface area contributed by atoms with Crippen LogP contribution in [-0.4, -0.2) is 25.0 Å². The number of rotatable bonds is 4. The summed E-state index contributed by atoms with van der Waals surface area (Å²) in [5.74, 6) is -0.732. The van der Waals surface area contributed by atoms with Gasteiger partial charge in [-0.15, -0.1) is 0 Å². The van der Waals surface area contributed by atoms with Crippen LogP contribution in [0.15, 0.2) is 24.3 Å². The number of halogens is 1. The van der Waals surface area contributed by atoms with Crippen LogP contribution in [0.3, 0.4) is 0 Å². The zero-order chi connectivity index (χ0) is 12.8. The highest BCUT2D eigenvalue weighted by atomic mass is 35.5. The third kappa shape index (κ3) is 4.44. The number of carbonyl (C=O) groups excluding carboxylic acids is 2. The molecule has 0 radical (unpaired) electrons. The largest absolute Gasteiger partial charge is 0.467 e. The van der Waals surface area contributed by atoms with Crippen LogP contribution in [0.5, 0.6) is 0 Å². The van der Waals surface area contributed by atoms with Gasteiger partial charge < -0.3 is 10.1 Å². The van der Waals surface area contributed by atoms with E-state index in [1.807, 2.05) is 0 Å². The lowest BCUT2D eigenvalue weighted by Crippen LogP contribution is -2.41. The van der Waals surface area contributed by atoms with E-state index in [9.17, 15) is 9.59 Å². The smallest absolute Gasteiger partial charge is 0.328 e. The van der Waals surface area contributed by atoms with E-state index in [-0.39, 0.29) is 5.91 Å². The average molecular weight is 256 g/mol. The Morgan fingerprint density at radius 2 is 1.94 bits per heavy atom. The normalized spacial score (nSPS) is 11.7. The van der Waals surface area contributed by atoms with Crippen molar-refractivity contribution in [3.8, 4) is 0 Å². The third-order valence-corrected chi connectivity index (χ3v) is 2.47. The van der Waals surface area contributed by atoms with Gasteiger partial charge in [0.1, 0.15) is 6.04 Å². The summed E-state index contributed by atoms with van der Waals surface area (Å²) in [6.07, 6.45) is 0.378. The maximum absolute atomic E-state index is 11.5. The highest BCUT2D eigenvalue weighted by Crippen LogP contribution is 2.11. The molecule has 0 unspecified atom stereocenters. The Hall–Kier alpha value is -1.55. The summed E-state index contributed by atoms with van der Waals surface area (Å²) in [5.41, 5.74) is 0.901. The number of amides is 1. The van der Waals surface area contributed by atoms with E-state index in [2.05, 4.69) is 10.1 Å². The SMILES string of the molecule is COC(=O)[C@@H](Cc1ccc(Cl)cc1)NC(C)=O. The number of methoxy groups -OCH3 is 1. The number of hydrogen-bond acceptors (Lipinski definition) is 3. The molecule has 0 spiro atoms. The second-order valence-corrected chi connectivity index (χ2v) is 4.04. The summed E-state index contributed by atoms with van der Waals surface area (Å²) >= 11 is 5.76. The minimum atomic E-state index is -0.668. The Balaban J connectivity index is 2.75. The first-order chi connectivity index (χ1) is 8.02. The van der Waals surface area contributed by atoms with Crippen LogP contribution in [0.4, 0.5) is 0 Å². The molecule has 0 aliphatic rings. The lowest BCUT2D eigenvalue weighted by atomic mass is 10.1. The van der Waals surface area contributed by atoms with Crippen molar-refractivity contribution in [3.63, 3.8) is 0 Å². The van der Waals surface area contributed by atoms with Crippen molar-refractivity contribution in [2.24, 2.45) is 0 Å². The molecule has 1 N–H and O–H groups in total. The second kappa shape index (κ2) is 6.25. The molecule has 4 nitrogen and oxygen atoms in total. The van der Waals surface area contributed by atoms with E-state index in [4.69, 9.17) is 11.6 Å². The molecule has 92 valence electrons. The van der Waals surface area contributed by atoms with Gasteiger partial charge in [-0.2, -0.15) is 0 Å². The van der Waals surface area contributed by atoms with Gasteiger partial charge in [-0.3, -0.25) is 4.79 Å². The molecule has 1 rings (SSSR count). The summed E-state index contributed by atoms with van der Waals surface area (Å²) in [5, 5.41) is 3.17. The van der Waals surface area contributed by atoms with E-state index >= 15 is 0 Å². The van der Waals surface area contributed by atoms with E-state index in [0.29, 0.717) is 11.4 Å². The summed E-state index contributed by atoms with van der Waals surface area (Å²) in [7, 11) is 1.29. The van der Waals surface area contributed by atoms with Crippen LogP contribution in [0, 0.1) is 0 Å². The Morgan fingerprint density at radius 3 is 2.41 bits per heavy atom. The number of hydrogen-bond donors (Lipinski definition) is 1. The first-order valence-corrected chi connectivity index (χ1v) is 5.50. The molecule has 0 aromatic heterocycles. The zero-order valence-electron chi connectivity index (χ0n) is 9.70. The van der Waals surface area contributed by atoms with Crippen molar-refractivity contribution in [1.29, 1.82) is 0 Å². The highest BCUT2D eigenvalue weighted by Gasteiger charge is 2.20. The average Bonchev–Trinajstić information content (AvgIpc) is 2.29. The molecule has 0 aliphatic carbocycles. The molecule has 1 aromatic carbocycles. The van der Waals surface area contributed by atoms with Crippen molar-refractivity contribution in [2.75, 3.05) is 7.11 Å². The van der Waals surface area contributed by atoms with Gasteiger partial charge in [0, 0.05) is 18.4 Å². The molecule has 0 bridgehead atoms. The van der Waals surface area contributed by atoms with Crippen LogP contribution in [0.1, 0.15) is 12.5 Å². The van der Waals surface area contributed by atoms with Crippen molar-refractivity contribution in [3.05, 3.63) is 34.9 Å². The quantitative estimate of drug-likeness (QED) is 0.831. The van der Waals surface area contributed by atoms with Gasteiger partial charge >= 0.3 is 5.97 Å². The fourth-order valence-electron chi connectivity index (χ4n) is 1.44. The Morgan fingerprint density at radius 1 is 1.35 bits per heavy atom. The van der Waals surface area contributed by atoms with Gasteiger partial charge in [-0.25, -0.2) is 4.79 Å². The summed E-state index contributed by atoms with van der Waals surface area (Å²) in [4.78, 5) is 22.4. The van der Waals surface area contributed by atoms with Crippen LogP contribution in [0.25, 0.3) is 0 Å². The fraction of sp³-hybridized carbons (Fsp3) is 0.333. The Kier molecular flexibility index (Phi) is 4.97. The first kappa shape index (κ1) is 13.5. The minimum absolute atomic E-state index is 0.269. The van der Waals surface area contributed by atoms with Gasteiger partial charge in [-0.1, -0.05) is 23.7 Å².